The summed E-state index contributed by atoms with van der Waals surface area (Å²) < 4.78 is 57.3. The van der Waals surface area contributed by atoms with E-state index in [-0.39, 0.29) is 34.7 Å². The van der Waals surface area contributed by atoms with Crippen molar-refractivity contribution in [3.8, 4) is 0 Å². The molecule has 272 valence electrons. The standard InChI is InChI=1S/C35H46FN5O8S/c1-34(2,3)48-32(42)38-19-15-24(16-20-38)30-29(23-7-9-25(36)10-8-23)31(37-50(46,47)28-13-11-27(12-14-28)41(44)45)40(30)26-17-21-39(22-18-26)33(43)49-35(4,5)6/h7-14,24,26,29-30H,15-22H2,1-6H3. The summed E-state index contributed by atoms with van der Waals surface area (Å²) >= 11 is 0. The number of hydrogen-bond donors (Lipinski definition) is 0. The van der Waals surface area contributed by atoms with Gasteiger partial charge >= 0.3 is 12.2 Å². The predicted molar refractivity (Wildman–Crippen MR) is 184 cm³/mol. The summed E-state index contributed by atoms with van der Waals surface area (Å²) in [6.45, 7) is 12.5. The summed E-state index contributed by atoms with van der Waals surface area (Å²) in [7, 11) is -4.32. The molecule has 0 N–H and O–H groups in total. The van der Waals surface area contributed by atoms with Crippen LogP contribution in [0.15, 0.2) is 57.8 Å². The third kappa shape index (κ3) is 8.53. The molecule has 50 heavy (non-hydrogen) atoms. The van der Waals surface area contributed by atoms with Crippen LogP contribution < -0.4 is 0 Å². The topological polar surface area (TPSA) is 152 Å². The van der Waals surface area contributed by atoms with Gasteiger partial charge in [-0.05, 0) is 103 Å². The van der Waals surface area contributed by atoms with E-state index in [9.17, 15) is 32.5 Å². The third-order valence-corrected chi connectivity index (χ3v) is 10.5. The Hall–Kier alpha value is -4.27. The fraction of sp³-hybridized carbons (Fsp3) is 0.571. The van der Waals surface area contributed by atoms with Crippen molar-refractivity contribution in [2.24, 2.45) is 10.3 Å². The molecule has 3 heterocycles. The van der Waals surface area contributed by atoms with Crippen LogP contribution >= 0.6 is 0 Å². The summed E-state index contributed by atoms with van der Waals surface area (Å²) in [5.41, 5.74) is -0.841. The lowest BCUT2D eigenvalue weighted by Crippen LogP contribution is -2.68. The van der Waals surface area contributed by atoms with Gasteiger partial charge in [0.2, 0.25) is 0 Å². The first-order valence-electron chi connectivity index (χ1n) is 16.9. The Morgan fingerprint density at radius 1 is 0.820 bits per heavy atom. The molecule has 2 unspecified atom stereocenters. The number of nitro benzene ring substituents is 1. The molecule has 0 aromatic heterocycles. The molecule has 13 nitrogen and oxygen atoms in total. The van der Waals surface area contributed by atoms with Crippen LogP contribution in [0.1, 0.15) is 78.7 Å². The number of ether oxygens (including phenoxy) is 2. The van der Waals surface area contributed by atoms with Gasteiger partial charge in [-0.25, -0.2) is 14.0 Å². The molecule has 3 aliphatic heterocycles. The van der Waals surface area contributed by atoms with E-state index >= 15 is 0 Å². The number of piperidine rings is 2. The average Bonchev–Trinajstić information content (AvgIpc) is 3.03. The second-order valence-electron chi connectivity index (χ2n) is 15.1. The number of rotatable bonds is 6. The van der Waals surface area contributed by atoms with Crippen LogP contribution in [0, 0.1) is 21.8 Å². The van der Waals surface area contributed by atoms with E-state index in [0.29, 0.717) is 63.3 Å². The monoisotopic (exact) mass is 715 g/mol. The van der Waals surface area contributed by atoms with Crippen molar-refractivity contribution in [3.05, 3.63) is 70.0 Å². The number of carbonyl (C=O) groups is 2. The number of halogens is 1. The third-order valence-electron chi connectivity index (χ3n) is 9.18. The molecule has 3 fully saturated rings. The maximum Gasteiger partial charge on any atom is 0.410 e. The number of nitro groups is 1. The fourth-order valence-electron chi connectivity index (χ4n) is 6.91. The lowest BCUT2D eigenvalue weighted by molar-refractivity contribution is -0.384. The van der Waals surface area contributed by atoms with Crippen LogP contribution in [0.25, 0.3) is 0 Å². The minimum atomic E-state index is -4.32. The molecule has 15 heteroatoms. The molecule has 2 atom stereocenters. The highest BCUT2D eigenvalue weighted by molar-refractivity contribution is 7.90. The minimum Gasteiger partial charge on any atom is -0.444 e. The molecular formula is C35H46FN5O8S. The number of hydrogen-bond acceptors (Lipinski definition) is 8. The molecule has 0 saturated carbocycles. The zero-order valence-corrected chi connectivity index (χ0v) is 30.2. The van der Waals surface area contributed by atoms with E-state index in [1.807, 2.05) is 20.8 Å². The van der Waals surface area contributed by atoms with Gasteiger partial charge in [-0.15, -0.1) is 4.40 Å². The first kappa shape index (κ1) is 37.0. The maximum atomic E-state index is 14.1. The molecule has 3 aliphatic rings. The molecule has 0 bridgehead atoms. The summed E-state index contributed by atoms with van der Waals surface area (Å²) in [6, 6.07) is 10.1. The van der Waals surface area contributed by atoms with Crippen molar-refractivity contribution in [2.75, 3.05) is 26.2 Å². The lowest BCUT2D eigenvalue weighted by Gasteiger charge is -2.58. The molecule has 2 aromatic rings. The summed E-state index contributed by atoms with van der Waals surface area (Å²) in [6.07, 6.45) is 1.50. The Morgan fingerprint density at radius 2 is 1.30 bits per heavy atom. The number of sulfonamides is 1. The van der Waals surface area contributed by atoms with Crippen molar-refractivity contribution >= 4 is 33.7 Å². The van der Waals surface area contributed by atoms with Crippen LogP contribution in [-0.4, -0.2) is 95.5 Å². The molecule has 0 spiro atoms. The normalized spacial score (nSPS) is 21.9. The van der Waals surface area contributed by atoms with E-state index in [1.54, 1.807) is 42.7 Å². The van der Waals surface area contributed by atoms with E-state index < -0.39 is 44.0 Å². The molecule has 3 saturated heterocycles. The Bertz CT molecular complexity index is 1700. The molecule has 2 amide bonds. The van der Waals surface area contributed by atoms with Crippen LogP contribution in [0.2, 0.25) is 0 Å². The molecule has 5 rings (SSSR count). The summed E-state index contributed by atoms with van der Waals surface area (Å²) in [4.78, 5) is 41.5. The number of amides is 2. The zero-order chi connectivity index (χ0) is 36.6. The number of likely N-dealkylation sites (tertiary alicyclic amines) is 3. The zero-order valence-electron chi connectivity index (χ0n) is 29.4. The number of amidine groups is 1. The van der Waals surface area contributed by atoms with Crippen molar-refractivity contribution in [2.45, 2.75) is 101 Å². The molecule has 0 radical (unpaired) electrons. The van der Waals surface area contributed by atoms with Crippen molar-refractivity contribution < 1.29 is 36.8 Å². The Labute approximate surface area is 292 Å². The van der Waals surface area contributed by atoms with Gasteiger partial charge in [0.1, 0.15) is 22.9 Å². The van der Waals surface area contributed by atoms with Crippen LogP contribution in [0.5, 0.6) is 0 Å². The van der Waals surface area contributed by atoms with Gasteiger partial charge in [0, 0.05) is 50.4 Å². The second kappa shape index (κ2) is 14.2. The molecule has 0 aliphatic carbocycles. The fourth-order valence-corrected chi connectivity index (χ4v) is 7.95. The van der Waals surface area contributed by atoms with Crippen molar-refractivity contribution in [1.82, 2.24) is 14.7 Å². The van der Waals surface area contributed by atoms with Gasteiger partial charge < -0.3 is 24.2 Å². The van der Waals surface area contributed by atoms with E-state index in [2.05, 4.69) is 9.30 Å². The highest BCUT2D eigenvalue weighted by Crippen LogP contribution is 2.47. The second-order valence-corrected chi connectivity index (χ2v) is 16.7. The molecule has 2 aromatic carbocycles. The Kier molecular flexibility index (Phi) is 10.5. The quantitative estimate of drug-likeness (QED) is 0.247. The smallest absolute Gasteiger partial charge is 0.410 e. The van der Waals surface area contributed by atoms with Crippen molar-refractivity contribution in [3.63, 3.8) is 0 Å². The predicted octanol–water partition coefficient (Wildman–Crippen LogP) is 6.34. The van der Waals surface area contributed by atoms with Gasteiger partial charge in [0.25, 0.3) is 15.7 Å². The minimum absolute atomic E-state index is 0.0219. The highest BCUT2D eigenvalue weighted by atomic mass is 32.2. The SMILES string of the molecule is CC(C)(C)OC(=O)N1CCC(C2C(c3ccc(F)cc3)C(=NS(=O)(=O)c3ccc([N+](=O)[O-])cc3)N2C2CCN(C(=O)OC(C)(C)C)CC2)CC1. The van der Waals surface area contributed by atoms with E-state index in [0.717, 1.165) is 24.3 Å². The van der Waals surface area contributed by atoms with Crippen LogP contribution in [0.3, 0.4) is 0 Å². The van der Waals surface area contributed by atoms with E-state index in [4.69, 9.17) is 9.47 Å². The number of nitrogens with zero attached hydrogens (tertiary/aromatic N) is 5. The van der Waals surface area contributed by atoms with Crippen molar-refractivity contribution in [1.29, 1.82) is 0 Å². The van der Waals surface area contributed by atoms with Crippen LogP contribution in [0.4, 0.5) is 19.7 Å². The number of non-ortho nitro benzene ring substituents is 1. The highest BCUT2D eigenvalue weighted by Gasteiger charge is 2.54. The summed E-state index contributed by atoms with van der Waals surface area (Å²) in [5.74, 6) is -0.622. The van der Waals surface area contributed by atoms with Gasteiger partial charge in [-0.1, -0.05) is 12.1 Å². The Morgan fingerprint density at radius 3 is 1.76 bits per heavy atom. The van der Waals surface area contributed by atoms with Gasteiger partial charge in [0.05, 0.1) is 15.7 Å². The largest absolute Gasteiger partial charge is 0.444 e. The van der Waals surface area contributed by atoms with E-state index in [1.165, 1.54) is 12.1 Å². The maximum absolute atomic E-state index is 14.1. The van der Waals surface area contributed by atoms with Gasteiger partial charge in [-0.3, -0.25) is 10.1 Å². The Balaban J connectivity index is 1.49. The number of carbonyl (C=O) groups excluding carboxylic acids is 2. The first-order chi connectivity index (χ1) is 23.3. The lowest BCUT2D eigenvalue weighted by atomic mass is 9.70. The average molecular weight is 716 g/mol. The summed E-state index contributed by atoms with van der Waals surface area (Å²) in [5, 5.41) is 11.2. The van der Waals surface area contributed by atoms with Crippen LogP contribution in [-0.2, 0) is 19.5 Å². The van der Waals surface area contributed by atoms with Gasteiger partial charge in [0.15, 0.2) is 0 Å². The number of benzene rings is 2. The molecular weight excluding hydrogens is 669 g/mol. The first-order valence-corrected chi connectivity index (χ1v) is 18.4. The van der Waals surface area contributed by atoms with Gasteiger partial charge in [-0.2, -0.15) is 8.42 Å².